The Morgan fingerprint density at radius 3 is 2.43 bits per heavy atom. The third kappa shape index (κ3) is 5.74. The lowest BCUT2D eigenvalue weighted by atomic mass is 10.1. The first-order valence-corrected chi connectivity index (χ1v) is 9.25. The van der Waals surface area contributed by atoms with E-state index >= 15 is 0 Å². The van der Waals surface area contributed by atoms with Crippen LogP contribution < -0.4 is 14.8 Å². The van der Waals surface area contributed by atoms with Crippen LogP contribution >= 0.6 is 0 Å². The Kier molecular flexibility index (Phi) is 7.87. The summed E-state index contributed by atoms with van der Waals surface area (Å²) in [5.74, 6) is 1.19. The predicted octanol–water partition coefficient (Wildman–Crippen LogP) is 2.83. The normalized spacial score (nSPS) is 10.3. The van der Waals surface area contributed by atoms with Crippen molar-refractivity contribution in [3.8, 4) is 11.5 Å². The van der Waals surface area contributed by atoms with Crippen molar-refractivity contribution in [2.75, 3.05) is 34.4 Å². The van der Waals surface area contributed by atoms with Gasteiger partial charge < -0.3 is 19.7 Å². The molecule has 2 amide bonds. The lowest BCUT2D eigenvalue weighted by Gasteiger charge is -2.18. The molecular weight excluding hydrogens is 356 g/mol. The number of hydrogen-bond acceptors (Lipinski definition) is 4. The Hall–Kier alpha value is -3.02. The summed E-state index contributed by atoms with van der Waals surface area (Å²) in [7, 11) is 4.97. The zero-order valence-corrected chi connectivity index (χ0v) is 17.0. The second-order valence-electron chi connectivity index (χ2n) is 6.58. The molecule has 2 aromatic carbocycles. The fourth-order valence-corrected chi connectivity index (χ4v) is 2.85. The van der Waals surface area contributed by atoms with Crippen LogP contribution in [-0.4, -0.2) is 51.1 Å². The molecule has 0 fully saturated rings. The van der Waals surface area contributed by atoms with Gasteiger partial charge in [0.1, 0.15) is 0 Å². The van der Waals surface area contributed by atoms with Crippen LogP contribution in [0.5, 0.6) is 11.5 Å². The van der Waals surface area contributed by atoms with Crippen molar-refractivity contribution in [2.45, 2.75) is 19.8 Å². The summed E-state index contributed by atoms with van der Waals surface area (Å²) >= 11 is 0. The number of hydrogen-bond donors (Lipinski definition) is 1. The highest BCUT2D eigenvalue weighted by Crippen LogP contribution is 2.27. The van der Waals surface area contributed by atoms with Crippen LogP contribution in [0.25, 0.3) is 0 Å². The van der Waals surface area contributed by atoms with Gasteiger partial charge in [0.25, 0.3) is 5.91 Å². The first-order valence-electron chi connectivity index (χ1n) is 9.25. The first-order chi connectivity index (χ1) is 13.5. The highest BCUT2D eigenvalue weighted by atomic mass is 16.5. The van der Waals surface area contributed by atoms with Gasteiger partial charge in [-0.1, -0.05) is 24.3 Å². The third-order valence-electron chi connectivity index (χ3n) is 4.62. The van der Waals surface area contributed by atoms with Crippen molar-refractivity contribution < 1.29 is 19.1 Å². The van der Waals surface area contributed by atoms with E-state index in [2.05, 4.69) is 5.32 Å². The number of ether oxygens (including phenoxy) is 2. The Bertz CT molecular complexity index is 820. The van der Waals surface area contributed by atoms with Crippen molar-refractivity contribution in [3.63, 3.8) is 0 Å². The van der Waals surface area contributed by atoms with Gasteiger partial charge in [0.05, 0.1) is 14.2 Å². The summed E-state index contributed by atoms with van der Waals surface area (Å²) in [6, 6.07) is 13.1. The average molecular weight is 384 g/mol. The lowest BCUT2D eigenvalue weighted by molar-refractivity contribution is -0.129. The molecule has 0 heterocycles. The van der Waals surface area contributed by atoms with E-state index in [-0.39, 0.29) is 18.2 Å². The molecule has 0 saturated carbocycles. The van der Waals surface area contributed by atoms with Gasteiger partial charge in [0.2, 0.25) is 5.91 Å². The van der Waals surface area contributed by atoms with E-state index in [1.54, 1.807) is 32.2 Å². The number of nitrogens with one attached hydrogen (secondary N) is 1. The van der Waals surface area contributed by atoms with Gasteiger partial charge in [-0.25, -0.2) is 0 Å². The monoisotopic (exact) mass is 384 g/mol. The van der Waals surface area contributed by atoms with Crippen molar-refractivity contribution in [2.24, 2.45) is 0 Å². The van der Waals surface area contributed by atoms with E-state index < -0.39 is 0 Å². The minimum Gasteiger partial charge on any atom is -0.493 e. The fraction of sp³-hybridized carbons (Fsp3) is 0.364. The van der Waals surface area contributed by atoms with E-state index in [0.717, 1.165) is 11.1 Å². The summed E-state index contributed by atoms with van der Waals surface area (Å²) in [6.07, 6.45) is 0.970. The maximum Gasteiger partial charge on any atom is 0.251 e. The van der Waals surface area contributed by atoms with Gasteiger partial charge in [-0.15, -0.1) is 0 Å². The van der Waals surface area contributed by atoms with Crippen LogP contribution in [0.2, 0.25) is 0 Å². The minimum absolute atomic E-state index is 0.00874. The van der Waals surface area contributed by atoms with Crippen molar-refractivity contribution in [1.82, 2.24) is 10.2 Å². The number of carbonyl (C=O) groups excluding carboxylic acids is 2. The molecule has 0 unspecified atom stereocenters. The van der Waals surface area contributed by atoms with Gasteiger partial charge in [-0.05, 0) is 42.7 Å². The minimum atomic E-state index is -0.154. The number of benzene rings is 2. The number of nitrogens with zero attached hydrogens (tertiary/aromatic N) is 1. The summed E-state index contributed by atoms with van der Waals surface area (Å²) in [6.45, 7) is 2.79. The quantitative estimate of drug-likeness (QED) is 0.722. The fourth-order valence-electron chi connectivity index (χ4n) is 2.85. The van der Waals surface area contributed by atoms with Gasteiger partial charge in [-0.2, -0.15) is 0 Å². The molecule has 0 bridgehead atoms. The van der Waals surface area contributed by atoms with Crippen molar-refractivity contribution in [3.05, 3.63) is 59.2 Å². The molecule has 6 nitrogen and oxygen atoms in total. The molecule has 28 heavy (non-hydrogen) atoms. The Balaban J connectivity index is 1.78. The summed E-state index contributed by atoms with van der Waals surface area (Å²) in [4.78, 5) is 26.2. The number of amides is 2. The molecule has 0 aliphatic carbocycles. The molecule has 2 aromatic rings. The molecule has 0 aromatic heterocycles. The van der Waals surface area contributed by atoms with Crippen molar-refractivity contribution in [1.29, 1.82) is 0 Å². The van der Waals surface area contributed by atoms with Crippen LogP contribution in [0, 0.1) is 6.92 Å². The SMILES string of the molecule is COc1ccc(CCN(C)C(=O)CCNC(=O)c2ccccc2C)cc1OC. The third-order valence-corrected chi connectivity index (χ3v) is 4.62. The number of likely N-dealkylation sites (N-methyl/N-ethyl adjacent to an activating group) is 1. The predicted molar refractivity (Wildman–Crippen MR) is 109 cm³/mol. The molecule has 1 N–H and O–H groups in total. The molecule has 0 aliphatic rings. The standard InChI is InChI=1S/C22H28N2O4/c1-16-7-5-6-8-18(16)22(26)23-13-11-21(25)24(2)14-12-17-9-10-19(27-3)20(15-17)28-4/h5-10,15H,11-14H2,1-4H3,(H,23,26). The van der Waals surface area contributed by atoms with Gasteiger partial charge in [0.15, 0.2) is 11.5 Å². The maximum absolute atomic E-state index is 12.3. The smallest absolute Gasteiger partial charge is 0.251 e. The highest BCUT2D eigenvalue weighted by molar-refractivity contribution is 5.95. The Morgan fingerprint density at radius 1 is 1.04 bits per heavy atom. The van der Waals surface area contributed by atoms with E-state index in [9.17, 15) is 9.59 Å². The van der Waals surface area contributed by atoms with E-state index in [4.69, 9.17) is 9.47 Å². The number of carbonyl (C=O) groups is 2. The van der Waals surface area contributed by atoms with Crippen LogP contribution in [0.15, 0.2) is 42.5 Å². The zero-order chi connectivity index (χ0) is 20.5. The highest BCUT2D eigenvalue weighted by Gasteiger charge is 2.12. The second-order valence-corrected chi connectivity index (χ2v) is 6.58. The Labute approximate surface area is 166 Å². The number of methoxy groups -OCH3 is 2. The average Bonchev–Trinajstić information content (AvgIpc) is 2.71. The molecular formula is C22H28N2O4. The molecule has 0 aliphatic heterocycles. The van der Waals surface area contributed by atoms with Gasteiger partial charge in [-0.3, -0.25) is 9.59 Å². The topological polar surface area (TPSA) is 67.9 Å². The van der Waals surface area contributed by atoms with Crippen LogP contribution in [0.1, 0.15) is 27.9 Å². The molecule has 0 spiro atoms. The summed E-state index contributed by atoms with van der Waals surface area (Å²) in [5, 5.41) is 2.81. The number of rotatable bonds is 9. The van der Waals surface area contributed by atoms with Gasteiger partial charge >= 0.3 is 0 Å². The second kappa shape index (κ2) is 10.3. The molecule has 2 rings (SSSR count). The zero-order valence-electron chi connectivity index (χ0n) is 17.0. The van der Waals surface area contributed by atoms with Crippen LogP contribution in [-0.2, 0) is 11.2 Å². The summed E-state index contributed by atoms with van der Waals surface area (Å²) in [5.41, 5.74) is 2.61. The molecule has 150 valence electrons. The van der Waals surface area contributed by atoms with E-state index in [1.165, 1.54) is 0 Å². The summed E-state index contributed by atoms with van der Waals surface area (Å²) < 4.78 is 10.5. The lowest BCUT2D eigenvalue weighted by Crippen LogP contribution is -2.33. The van der Waals surface area contributed by atoms with Gasteiger partial charge in [0, 0.05) is 32.1 Å². The first kappa shape index (κ1) is 21.3. The molecule has 0 saturated heterocycles. The largest absolute Gasteiger partial charge is 0.493 e. The maximum atomic E-state index is 12.3. The number of aryl methyl sites for hydroxylation is 1. The van der Waals surface area contributed by atoms with Crippen molar-refractivity contribution >= 4 is 11.8 Å². The van der Waals surface area contributed by atoms with Crippen LogP contribution in [0.3, 0.4) is 0 Å². The van der Waals surface area contributed by atoms with Crippen LogP contribution in [0.4, 0.5) is 0 Å². The molecule has 6 heteroatoms. The molecule has 0 radical (unpaired) electrons. The molecule has 0 atom stereocenters. The Morgan fingerprint density at radius 2 is 1.75 bits per heavy atom. The van der Waals surface area contributed by atoms with E-state index in [1.807, 2.05) is 43.3 Å². The van der Waals surface area contributed by atoms with E-state index in [0.29, 0.717) is 36.6 Å².